The van der Waals surface area contributed by atoms with Crippen LogP contribution in [0.1, 0.15) is 20.3 Å². The lowest BCUT2D eigenvalue weighted by molar-refractivity contribution is -0.115. The van der Waals surface area contributed by atoms with Crippen molar-refractivity contribution in [3.63, 3.8) is 0 Å². The summed E-state index contributed by atoms with van der Waals surface area (Å²) in [6.07, 6.45) is 0.376. The number of carbonyl (C=O) groups is 1. The van der Waals surface area contributed by atoms with E-state index in [2.05, 4.69) is 14.9 Å². The summed E-state index contributed by atoms with van der Waals surface area (Å²) in [5, 5.41) is 2.69. The van der Waals surface area contributed by atoms with Crippen molar-refractivity contribution in [3.8, 4) is 0 Å². The second kappa shape index (κ2) is 8.57. The summed E-state index contributed by atoms with van der Waals surface area (Å²) in [6.45, 7) is 7.09. The van der Waals surface area contributed by atoms with Gasteiger partial charge in [0.05, 0.1) is 18.1 Å². The minimum Gasteiger partial charge on any atom is -0.379 e. The number of hydrogen-bond acceptors (Lipinski definition) is 5. The van der Waals surface area contributed by atoms with E-state index in [1.807, 2.05) is 6.92 Å². The zero-order valence-corrected chi connectivity index (χ0v) is 14.9. The Bertz CT molecular complexity index is 640. The molecule has 1 heterocycles. The van der Waals surface area contributed by atoms with Crippen molar-refractivity contribution in [1.82, 2.24) is 9.62 Å². The van der Waals surface area contributed by atoms with Gasteiger partial charge in [-0.3, -0.25) is 9.69 Å². The van der Waals surface area contributed by atoms with Crippen molar-refractivity contribution in [3.05, 3.63) is 24.3 Å². The zero-order chi connectivity index (χ0) is 17.6. The molecule has 0 saturated carbocycles. The first-order chi connectivity index (χ1) is 11.4. The van der Waals surface area contributed by atoms with E-state index in [0.717, 1.165) is 13.1 Å². The van der Waals surface area contributed by atoms with Crippen LogP contribution in [0.15, 0.2) is 29.2 Å². The van der Waals surface area contributed by atoms with Crippen molar-refractivity contribution >= 4 is 21.6 Å². The standard InChI is InChI=1S/C16H25N3O4S/c1-3-16(20)18-14-4-6-15(7-5-14)24(21,22)17-12-13(2)19-8-10-23-11-9-19/h4-7,13,17H,3,8-12H2,1-2H3,(H,18,20). The molecule has 24 heavy (non-hydrogen) atoms. The lowest BCUT2D eigenvalue weighted by Crippen LogP contribution is -2.47. The summed E-state index contributed by atoms with van der Waals surface area (Å²) in [7, 11) is -3.57. The number of hydrogen-bond donors (Lipinski definition) is 2. The minimum absolute atomic E-state index is 0.104. The fraction of sp³-hybridized carbons (Fsp3) is 0.562. The number of nitrogens with zero attached hydrogens (tertiary/aromatic N) is 1. The lowest BCUT2D eigenvalue weighted by Gasteiger charge is -2.32. The van der Waals surface area contributed by atoms with E-state index in [1.54, 1.807) is 19.1 Å². The third-order valence-electron chi connectivity index (χ3n) is 4.01. The molecule has 1 saturated heterocycles. The maximum absolute atomic E-state index is 12.4. The molecule has 1 aromatic carbocycles. The summed E-state index contributed by atoms with van der Waals surface area (Å²) in [5.41, 5.74) is 0.586. The molecule has 0 radical (unpaired) electrons. The normalized spacial score (nSPS) is 17.4. The Morgan fingerprint density at radius 2 is 1.88 bits per heavy atom. The molecule has 0 aromatic heterocycles. The zero-order valence-electron chi connectivity index (χ0n) is 14.1. The molecule has 0 bridgehead atoms. The Balaban J connectivity index is 1.93. The van der Waals surface area contributed by atoms with Crippen LogP contribution in [0.5, 0.6) is 0 Å². The number of benzene rings is 1. The van der Waals surface area contributed by atoms with Gasteiger partial charge in [-0.25, -0.2) is 13.1 Å². The molecule has 8 heteroatoms. The molecular weight excluding hydrogens is 330 g/mol. The van der Waals surface area contributed by atoms with E-state index in [9.17, 15) is 13.2 Å². The number of rotatable bonds is 7. The second-order valence-corrected chi connectivity index (χ2v) is 7.54. The summed E-state index contributed by atoms with van der Waals surface area (Å²) in [6, 6.07) is 6.27. The van der Waals surface area contributed by atoms with Crippen LogP contribution in [0.25, 0.3) is 0 Å². The Morgan fingerprint density at radius 3 is 2.46 bits per heavy atom. The molecule has 7 nitrogen and oxygen atoms in total. The van der Waals surface area contributed by atoms with Gasteiger partial charge in [0.25, 0.3) is 0 Å². The SMILES string of the molecule is CCC(=O)Nc1ccc(S(=O)(=O)NCC(C)N2CCOCC2)cc1. The van der Waals surface area contributed by atoms with Crippen LogP contribution in [0, 0.1) is 0 Å². The number of anilines is 1. The predicted octanol–water partition coefficient (Wildman–Crippen LogP) is 1.03. The van der Waals surface area contributed by atoms with Gasteiger partial charge in [0.15, 0.2) is 0 Å². The summed E-state index contributed by atoms with van der Waals surface area (Å²) < 4.78 is 32.7. The van der Waals surface area contributed by atoms with E-state index in [0.29, 0.717) is 31.9 Å². The van der Waals surface area contributed by atoms with Crippen LogP contribution in [0.2, 0.25) is 0 Å². The maximum Gasteiger partial charge on any atom is 0.240 e. The van der Waals surface area contributed by atoms with Crippen molar-refractivity contribution in [2.24, 2.45) is 0 Å². The largest absolute Gasteiger partial charge is 0.379 e. The van der Waals surface area contributed by atoms with Gasteiger partial charge >= 0.3 is 0 Å². The van der Waals surface area contributed by atoms with E-state index in [4.69, 9.17) is 4.74 Å². The fourth-order valence-corrected chi connectivity index (χ4v) is 3.55. The quantitative estimate of drug-likeness (QED) is 0.763. The first kappa shape index (κ1) is 18.9. The minimum atomic E-state index is -3.57. The summed E-state index contributed by atoms with van der Waals surface area (Å²) in [5.74, 6) is -0.108. The first-order valence-corrected chi connectivity index (χ1v) is 9.62. The molecule has 1 atom stereocenters. The Kier molecular flexibility index (Phi) is 6.73. The van der Waals surface area contributed by atoms with Gasteiger partial charge in [0, 0.05) is 37.8 Å². The van der Waals surface area contributed by atoms with E-state index >= 15 is 0 Å². The predicted molar refractivity (Wildman–Crippen MR) is 92.4 cm³/mol. The van der Waals surface area contributed by atoms with E-state index in [1.165, 1.54) is 12.1 Å². The monoisotopic (exact) mass is 355 g/mol. The van der Waals surface area contributed by atoms with Crippen LogP contribution in [0.3, 0.4) is 0 Å². The summed E-state index contributed by atoms with van der Waals surface area (Å²) >= 11 is 0. The van der Waals surface area contributed by atoms with Crippen LogP contribution in [0.4, 0.5) is 5.69 Å². The van der Waals surface area contributed by atoms with Gasteiger partial charge in [0.1, 0.15) is 0 Å². The molecule has 134 valence electrons. The van der Waals surface area contributed by atoms with Gasteiger partial charge < -0.3 is 10.1 Å². The Hall–Kier alpha value is -1.48. The molecule has 1 aliphatic heterocycles. The second-order valence-electron chi connectivity index (χ2n) is 5.78. The number of carbonyl (C=O) groups excluding carboxylic acids is 1. The van der Waals surface area contributed by atoms with Crippen LogP contribution < -0.4 is 10.0 Å². The molecule has 0 spiro atoms. The highest BCUT2D eigenvalue weighted by Crippen LogP contribution is 2.14. The smallest absolute Gasteiger partial charge is 0.240 e. The molecule has 1 aliphatic rings. The van der Waals surface area contributed by atoms with Crippen LogP contribution in [-0.4, -0.2) is 58.1 Å². The average Bonchev–Trinajstić information content (AvgIpc) is 2.61. The molecule has 2 N–H and O–H groups in total. The van der Waals surface area contributed by atoms with Crippen molar-refractivity contribution < 1.29 is 17.9 Å². The number of sulfonamides is 1. The third kappa shape index (κ3) is 5.27. The highest BCUT2D eigenvalue weighted by atomic mass is 32.2. The summed E-state index contributed by atoms with van der Waals surface area (Å²) in [4.78, 5) is 13.7. The van der Waals surface area contributed by atoms with Crippen molar-refractivity contribution in [2.75, 3.05) is 38.2 Å². The van der Waals surface area contributed by atoms with Gasteiger partial charge in [-0.2, -0.15) is 0 Å². The van der Waals surface area contributed by atoms with Gasteiger partial charge in [-0.1, -0.05) is 6.92 Å². The first-order valence-electron chi connectivity index (χ1n) is 8.13. The van der Waals surface area contributed by atoms with Gasteiger partial charge in [-0.15, -0.1) is 0 Å². The van der Waals surface area contributed by atoms with Gasteiger partial charge in [0.2, 0.25) is 15.9 Å². The Labute approximate surface area is 143 Å². The van der Waals surface area contributed by atoms with Crippen molar-refractivity contribution in [1.29, 1.82) is 0 Å². The van der Waals surface area contributed by atoms with Crippen molar-refractivity contribution in [2.45, 2.75) is 31.2 Å². The van der Waals surface area contributed by atoms with E-state index in [-0.39, 0.29) is 16.8 Å². The number of amides is 1. The molecule has 1 aromatic rings. The highest BCUT2D eigenvalue weighted by Gasteiger charge is 2.20. The fourth-order valence-electron chi connectivity index (χ4n) is 2.43. The molecule has 1 fully saturated rings. The lowest BCUT2D eigenvalue weighted by atomic mass is 10.2. The highest BCUT2D eigenvalue weighted by molar-refractivity contribution is 7.89. The van der Waals surface area contributed by atoms with Crippen LogP contribution >= 0.6 is 0 Å². The number of morpholine rings is 1. The third-order valence-corrected chi connectivity index (χ3v) is 5.45. The maximum atomic E-state index is 12.4. The number of nitrogens with one attached hydrogen (secondary N) is 2. The topological polar surface area (TPSA) is 87.7 Å². The Morgan fingerprint density at radius 1 is 1.25 bits per heavy atom. The van der Waals surface area contributed by atoms with Crippen LogP contribution in [-0.2, 0) is 19.6 Å². The average molecular weight is 355 g/mol. The molecule has 1 amide bonds. The van der Waals surface area contributed by atoms with E-state index < -0.39 is 10.0 Å². The van der Waals surface area contributed by atoms with Gasteiger partial charge in [-0.05, 0) is 31.2 Å². The molecular formula is C16H25N3O4S. The molecule has 1 unspecified atom stereocenters. The number of ether oxygens (including phenoxy) is 1. The molecule has 0 aliphatic carbocycles. The molecule has 2 rings (SSSR count).